The van der Waals surface area contributed by atoms with E-state index < -0.39 is 52.7 Å². The molecule has 1 spiro atoms. The molecule has 4 N–H and O–H groups in total. The van der Waals surface area contributed by atoms with E-state index >= 15 is 13.2 Å². The van der Waals surface area contributed by atoms with E-state index in [1.165, 1.54) is 36.4 Å². The molecule has 2 aromatic carbocycles. The summed E-state index contributed by atoms with van der Waals surface area (Å²) in [4.78, 5) is 26.6. The van der Waals surface area contributed by atoms with Crippen LogP contribution in [0.1, 0.15) is 36.8 Å². The van der Waals surface area contributed by atoms with E-state index in [1.54, 1.807) is 6.92 Å². The minimum Gasteiger partial charge on any atom is -0.390 e. The molecule has 2 aromatic rings. The predicted molar refractivity (Wildman–Crippen MR) is 120 cm³/mol. The summed E-state index contributed by atoms with van der Waals surface area (Å²) in [5.41, 5.74) is -3.95. The van der Waals surface area contributed by atoms with Gasteiger partial charge in [-0.3, -0.25) is 9.59 Å². The van der Waals surface area contributed by atoms with Crippen LogP contribution in [0, 0.1) is 5.82 Å². The molecule has 2 heterocycles. The van der Waals surface area contributed by atoms with Crippen LogP contribution in [0.25, 0.3) is 0 Å². The minimum atomic E-state index is -3.94. The van der Waals surface area contributed by atoms with E-state index in [2.05, 4.69) is 10.6 Å². The fourth-order valence-corrected chi connectivity index (χ4v) is 5.90. The zero-order valence-electron chi connectivity index (χ0n) is 17.8. The van der Waals surface area contributed by atoms with Crippen molar-refractivity contribution in [2.24, 2.45) is 0 Å². The molecule has 3 unspecified atom stereocenters. The van der Waals surface area contributed by atoms with Crippen LogP contribution in [0.5, 0.6) is 0 Å². The molecule has 0 radical (unpaired) electrons. The third kappa shape index (κ3) is 3.25. The number of hydrogen-bond acceptors (Lipinski definition) is 4. The molecule has 180 valence electrons. The van der Waals surface area contributed by atoms with Crippen LogP contribution in [0.15, 0.2) is 36.4 Å². The summed E-state index contributed by atoms with van der Waals surface area (Å²) in [6.45, 7) is 1.60. The molecule has 3 aliphatic rings. The third-order valence-corrected chi connectivity index (χ3v) is 7.49. The number of rotatable bonds is 3. The summed E-state index contributed by atoms with van der Waals surface area (Å²) in [5.74, 6) is -4.57. The average molecular weight is 514 g/mol. The highest BCUT2D eigenvalue weighted by molar-refractivity contribution is 6.31. The van der Waals surface area contributed by atoms with E-state index in [4.69, 9.17) is 23.2 Å². The van der Waals surface area contributed by atoms with E-state index in [1.807, 2.05) is 5.32 Å². The first kappa shape index (κ1) is 23.4. The SMILES string of the molecule is CC1(O)CC(NC(=O)C2NC(F)(F)C3(C(=O)Nc4cc(Cl)ccc43)C2c2cccc(Cl)c2F)C1. The summed E-state index contributed by atoms with van der Waals surface area (Å²) in [5, 5.41) is 16.9. The molecule has 11 heteroatoms. The second-order valence-corrected chi connectivity index (χ2v) is 10.2. The van der Waals surface area contributed by atoms with Gasteiger partial charge in [-0.15, -0.1) is 0 Å². The third-order valence-electron chi connectivity index (χ3n) is 6.96. The average Bonchev–Trinajstić information content (AvgIpc) is 3.14. The maximum Gasteiger partial charge on any atom is 0.322 e. The van der Waals surface area contributed by atoms with Crippen LogP contribution in [-0.4, -0.2) is 40.7 Å². The van der Waals surface area contributed by atoms with Gasteiger partial charge < -0.3 is 15.7 Å². The van der Waals surface area contributed by atoms with Gasteiger partial charge in [0.1, 0.15) is 5.82 Å². The number of halogens is 5. The van der Waals surface area contributed by atoms with Crippen LogP contribution in [0.2, 0.25) is 10.0 Å². The van der Waals surface area contributed by atoms with Crippen molar-refractivity contribution in [2.75, 3.05) is 5.32 Å². The van der Waals surface area contributed by atoms with Crippen molar-refractivity contribution in [3.8, 4) is 0 Å². The monoisotopic (exact) mass is 513 g/mol. The molecule has 6 nitrogen and oxygen atoms in total. The lowest BCUT2D eigenvalue weighted by Gasteiger charge is -2.41. The highest BCUT2D eigenvalue weighted by atomic mass is 35.5. The van der Waals surface area contributed by atoms with Gasteiger partial charge >= 0.3 is 6.05 Å². The Morgan fingerprint density at radius 1 is 1.21 bits per heavy atom. The number of nitrogens with one attached hydrogen (secondary N) is 3. The standard InChI is InChI=1S/C23H20Cl2F3N3O3/c1-21(34)8-11(9-21)29-19(32)18-16(12-3-2-4-14(25)17(12)26)22(23(27,28)31-18)13-6-5-10(24)7-15(13)30-20(22)33/h2-7,11,16,18,31,34H,8-9H2,1H3,(H,29,32)(H,30,33). The minimum absolute atomic E-state index is 0.0579. The van der Waals surface area contributed by atoms with Crippen molar-refractivity contribution >= 4 is 40.7 Å². The smallest absolute Gasteiger partial charge is 0.322 e. The molecule has 1 saturated heterocycles. The summed E-state index contributed by atoms with van der Waals surface area (Å²) < 4.78 is 47.0. The lowest BCUT2D eigenvalue weighted by atomic mass is 9.66. The van der Waals surface area contributed by atoms with Gasteiger partial charge in [0.15, 0.2) is 5.41 Å². The number of anilines is 1. The summed E-state index contributed by atoms with van der Waals surface area (Å²) >= 11 is 12.0. The summed E-state index contributed by atoms with van der Waals surface area (Å²) in [6, 6.07) is 1.77. The number of fused-ring (bicyclic) bond motifs is 2. The molecule has 3 atom stereocenters. The van der Waals surface area contributed by atoms with Crippen molar-refractivity contribution in [2.45, 2.75) is 54.8 Å². The van der Waals surface area contributed by atoms with E-state index in [0.29, 0.717) is 0 Å². The van der Waals surface area contributed by atoms with Crippen molar-refractivity contribution in [1.82, 2.24) is 10.6 Å². The van der Waals surface area contributed by atoms with Gasteiger partial charge in [-0.2, -0.15) is 8.78 Å². The summed E-state index contributed by atoms with van der Waals surface area (Å²) in [7, 11) is 0. The normalized spacial score (nSPS) is 33.4. The molecule has 1 aliphatic carbocycles. The number of benzene rings is 2. The van der Waals surface area contributed by atoms with E-state index in [0.717, 1.165) is 0 Å². The molecule has 2 fully saturated rings. The van der Waals surface area contributed by atoms with Crippen molar-refractivity contribution in [1.29, 1.82) is 0 Å². The molecule has 0 aromatic heterocycles. The molecular weight excluding hydrogens is 494 g/mol. The number of aliphatic hydroxyl groups is 1. The number of alkyl halides is 2. The van der Waals surface area contributed by atoms with Crippen LogP contribution >= 0.6 is 23.2 Å². The first-order valence-corrected chi connectivity index (χ1v) is 11.4. The number of carbonyl (C=O) groups excluding carboxylic acids is 2. The first-order valence-electron chi connectivity index (χ1n) is 10.6. The Labute approximate surface area is 202 Å². The molecule has 5 rings (SSSR count). The van der Waals surface area contributed by atoms with Gasteiger partial charge in [0.25, 0.3) is 0 Å². The fraction of sp³-hybridized carbons (Fsp3) is 0.391. The van der Waals surface area contributed by atoms with Gasteiger partial charge in [-0.25, -0.2) is 9.71 Å². The zero-order valence-corrected chi connectivity index (χ0v) is 19.3. The molecular formula is C23H20Cl2F3N3O3. The quantitative estimate of drug-likeness (QED) is 0.471. The maximum absolute atomic E-state index is 15.9. The molecule has 2 aliphatic heterocycles. The molecule has 34 heavy (non-hydrogen) atoms. The highest BCUT2D eigenvalue weighted by Gasteiger charge is 2.75. The lowest BCUT2D eigenvalue weighted by molar-refractivity contribution is -0.139. The molecule has 1 saturated carbocycles. The van der Waals surface area contributed by atoms with E-state index in [9.17, 15) is 14.7 Å². The Bertz CT molecular complexity index is 1220. The van der Waals surface area contributed by atoms with Crippen molar-refractivity contribution < 1.29 is 27.9 Å². The Morgan fingerprint density at radius 2 is 1.91 bits per heavy atom. The zero-order chi connectivity index (χ0) is 24.6. The predicted octanol–water partition coefficient (Wildman–Crippen LogP) is 3.70. The maximum atomic E-state index is 15.9. The Morgan fingerprint density at radius 3 is 2.59 bits per heavy atom. The van der Waals surface area contributed by atoms with Crippen LogP contribution < -0.4 is 16.0 Å². The van der Waals surface area contributed by atoms with Crippen LogP contribution in [0.4, 0.5) is 18.9 Å². The van der Waals surface area contributed by atoms with Crippen molar-refractivity contribution in [3.05, 3.63) is 63.4 Å². The van der Waals surface area contributed by atoms with E-state index in [-0.39, 0.29) is 39.7 Å². The highest BCUT2D eigenvalue weighted by Crippen LogP contribution is 2.60. The van der Waals surface area contributed by atoms with Gasteiger partial charge in [0, 0.05) is 22.7 Å². The Balaban J connectivity index is 1.67. The Hall–Kier alpha value is -2.33. The number of carbonyl (C=O) groups is 2. The fourth-order valence-electron chi connectivity index (χ4n) is 5.55. The van der Waals surface area contributed by atoms with Crippen molar-refractivity contribution in [3.63, 3.8) is 0 Å². The van der Waals surface area contributed by atoms with Gasteiger partial charge in [-0.05, 0) is 49.1 Å². The lowest BCUT2D eigenvalue weighted by Crippen LogP contribution is -2.57. The molecule has 0 bridgehead atoms. The number of hydrogen-bond donors (Lipinski definition) is 4. The second-order valence-electron chi connectivity index (χ2n) is 9.38. The summed E-state index contributed by atoms with van der Waals surface area (Å²) in [6.07, 6.45) is 0.482. The second kappa shape index (κ2) is 7.58. The Kier molecular flexibility index (Phi) is 5.22. The van der Waals surface area contributed by atoms with Gasteiger partial charge in [-0.1, -0.05) is 41.4 Å². The van der Waals surface area contributed by atoms with Gasteiger partial charge in [0.05, 0.1) is 16.7 Å². The molecule has 2 amide bonds. The first-order chi connectivity index (χ1) is 15.9. The van der Waals surface area contributed by atoms with Crippen LogP contribution in [-0.2, 0) is 15.0 Å². The number of amides is 2. The topological polar surface area (TPSA) is 90.5 Å². The largest absolute Gasteiger partial charge is 0.390 e. The van der Waals surface area contributed by atoms with Gasteiger partial charge in [0.2, 0.25) is 11.8 Å². The van der Waals surface area contributed by atoms with Crippen LogP contribution in [0.3, 0.4) is 0 Å².